The number of aryl methyl sites for hydroxylation is 2. The molecule has 0 spiro atoms. The Morgan fingerprint density at radius 3 is 2.30 bits per heavy atom. The van der Waals surface area contributed by atoms with Gasteiger partial charge in [0.2, 0.25) is 5.91 Å². The molecule has 2 N–H and O–H groups in total. The lowest BCUT2D eigenvalue weighted by Crippen LogP contribution is -2.47. The Labute approximate surface area is 258 Å². The molecule has 0 unspecified atom stereocenters. The molecule has 6 rings (SSSR count). The standard InChI is InChI=1S/C35H40N6O3/c1-25-7-3-4-8-30(25)39-19-21-40(22-20-39)31-13-12-27(34(43)36-15-6-17-41-16-5-9-33(41)42)23-29(31)37-35(44)28-11-10-26-14-18-38(2)32(26)24-28/h3-4,7-8,10-14,18,23-24H,5-6,9,15-17,19-22H2,1-2H3,(H,36,43)(H,37,44). The summed E-state index contributed by atoms with van der Waals surface area (Å²) in [7, 11) is 1.96. The zero-order valence-corrected chi connectivity index (χ0v) is 25.5. The first-order chi connectivity index (χ1) is 21.4. The lowest BCUT2D eigenvalue weighted by atomic mass is 10.1. The molecule has 9 heteroatoms. The summed E-state index contributed by atoms with van der Waals surface area (Å²) < 4.78 is 2.00. The van der Waals surface area contributed by atoms with Gasteiger partial charge in [-0.2, -0.15) is 0 Å². The molecule has 0 radical (unpaired) electrons. The second-order valence-electron chi connectivity index (χ2n) is 11.7. The molecule has 0 atom stereocenters. The largest absolute Gasteiger partial charge is 0.368 e. The molecule has 0 aliphatic carbocycles. The highest BCUT2D eigenvalue weighted by Gasteiger charge is 2.23. The van der Waals surface area contributed by atoms with E-state index < -0.39 is 0 Å². The number of benzene rings is 3. The summed E-state index contributed by atoms with van der Waals surface area (Å²) in [6.45, 7) is 7.34. The first-order valence-corrected chi connectivity index (χ1v) is 15.5. The summed E-state index contributed by atoms with van der Waals surface area (Å²) in [5, 5.41) is 7.19. The van der Waals surface area contributed by atoms with Crippen LogP contribution < -0.4 is 20.4 Å². The van der Waals surface area contributed by atoms with Crippen molar-refractivity contribution in [2.75, 3.05) is 60.9 Å². The van der Waals surface area contributed by atoms with Gasteiger partial charge < -0.3 is 29.9 Å². The SMILES string of the molecule is Cc1ccccc1N1CCN(c2ccc(C(=O)NCCCN3CCCC3=O)cc2NC(=O)c2ccc3ccn(C)c3c2)CC1. The number of carbonyl (C=O) groups is 3. The van der Waals surface area contributed by atoms with Crippen molar-refractivity contribution in [2.24, 2.45) is 7.05 Å². The molecular formula is C35H40N6O3. The zero-order valence-electron chi connectivity index (χ0n) is 25.5. The van der Waals surface area contributed by atoms with Crippen LogP contribution in [0.2, 0.25) is 0 Å². The fourth-order valence-electron chi connectivity index (χ4n) is 6.27. The molecule has 3 aromatic carbocycles. The van der Waals surface area contributed by atoms with Gasteiger partial charge >= 0.3 is 0 Å². The molecule has 1 aromatic heterocycles. The van der Waals surface area contributed by atoms with Crippen LogP contribution in [0.5, 0.6) is 0 Å². The topological polar surface area (TPSA) is 89.9 Å². The normalized spacial score (nSPS) is 15.2. The Kier molecular flexibility index (Phi) is 8.54. The van der Waals surface area contributed by atoms with Gasteiger partial charge in [-0.3, -0.25) is 14.4 Å². The maximum Gasteiger partial charge on any atom is 0.255 e. The lowest BCUT2D eigenvalue weighted by molar-refractivity contribution is -0.127. The number of likely N-dealkylation sites (tertiary alicyclic amines) is 1. The van der Waals surface area contributed by atoms with E-state index in [4.69, 9.17) is 0 Å². The Morgan fingerprint density at radius 2 is 1.55 bits per heavy atom. The number of hydrogen-bond donors (Lipinski definition) is 2. The third-order valence-corrected chi connectivity index (χ3v) is 8.80. The predicted octanol–water partition coefficient (Wildman–Crippen LogP) is 4.81. The number of nitrogens with zero attached hydrogens (tertiary/aromatic N) is 4. The second-order valence-corrected chi connectivity index (χ2v) is 11.7. The molecule has 2 fully saturated rings. The Hall–Kier alpha value is -4.79. The highest BCUT2D eigenvalue weighted by atomic mass is 16.2. The molecule has 2 aliphatic heterocycles. The maximum absolute atomic E-state index is 13.6. The summed E-state index contributed by atoms with van der Waals surface area (Å²) in [5.41, 5.74) is 6.03. The average Bonchev–Trinajstić information content (AvgIpc) is 3.63. The van der Waals surface area contributed by atoms with Crippen LogP contribution in [0.15, 0.2) is 72.9 Å². The van der Waals surface area contributed by atoms with Crippen LogP contribution in [0.25, 0.3) is 10.9 Å². The van der Waals surface area contributed by atoms with Crippen LogP contribution in [0.1, 0.15) is 45.5 Å². The van der Waals surface area contributed by atoms with Gasteiger partial charge in [0.25, 0.3) is 11.8 Å². The number of fused-ring (bicyclic) bond motifs is 1. The van der Waals surface area contributed by atoms with Crippen molar-refractivity contribution < 1.29 is 14.4 Å². The van der Waals surface area contributed by atoms with Gasteiger partial charge in [0.1, 0.15) is 0 Å². The third kappa shape index (κ3) is 6.27. The van der Waals surface area contributed by atoms with E-state index >= 15 is 0 Å². The average molecular weight is 593 g/mol. The van der Waals surface area contributed by atoms with Gasteiger partial charge in [0.15, 0.2) is 0 Å². The molecule has 9 nitrogen and oxygen atoms in total. The summed E-state index contributed by atoms with van der Waals surface area (Å²) in [5.74, 6) is -0.228. The summed E-state index contributed by atoms with van der Waals surface area (Å²) in [4.78, 5) is 45.1. The molecule has 2 aliphatic rings. The van der Waals surface area contributed by atoms with Crippen molar-refractivity contribution in [3.8, 4) is 0 Å². The van der Waals surface area contributed by atoms with Crippen LogP contribution in [0.3, 0.4) is 0 Å². The lowest BCUT2D eigenvalue weighted by Gasteiger charge is -2.38. The van der Waals surface area contributed by atoms with Gasteiger partial charge in [-0.25, -0.2) is 0 Å². The second kappa shape index (κ2) is 12.8. The first-order valence-electron chi connectivity index (χ1n) is 15.5. The molecule has 0 bridgehead atoms. The molecule has 3 amide bonds. The minimum Gasteiger partial charge on any atom is -0.368 e. The predicted molar refractivity (Wildman–Crippen MR) is 176 cm³/mol. The monoisotopic (exact) mass is 592 g/mol. The van der Waals surface area contributed by atoms with Crippen LogP contribution >= 0.6 is 0 Å². The highest BCUT2D eigenvalue weighted by Crippen LogP contribution is 2.31. The number of piperazine rings is 1. The van der Waals surface area contributed by atoms with Crippen molar-refractivity contribution in [3.05, 3.63) is 89.6 Å². The van der Waals surface area contributed by atoms with Crippen molar-refractivity contribution in [3.63, 3.8) is 0 Å². The fraction of sp³-hybridized carbons (Fsp3) is 0.343. The van der Waals surface area contributed by atoms with E-state index in [1.54, 1.807) is 6.07 Å². The van der Waals surface area contributed by atoms with Crippen LogP contribution in [0, 0.1) is 6.92 Å². The Morgan fingerprint density at radius 1 is 0.818 bits per heavy atom. The minimum absolute atomic E-state index is 0.193. The van der Waals surface area contributed by atoms with Crippen LogP contribution in [0.4, 0.5) is 17.1 Å². The van der Waals surface area contributed by atoms with Crippen molar-refractivity contribution in [2.45, 2.75) is 26.2 Å². The number of carbonyl (C=O) groups excluding carboxylic acids is 3. The highest BCUT2D eigenvalue weighted by molar-refractivity contribution is 6.08. The maximum atomic E-state index is 13.6. The number of rotatable bonds is 9. The van der Waals surface area contributed by atoms with Crippen molar-refractivity contribution in [1.82, 2.24) is 14.8 Å². The number of amides is 3. The molecule has 44 heavy (non-hydrogen) atoms. The Bertz CT molecular complexity index is 1690. The number of aromatic nitrogens is 1. The van der Waals surface area contributed by atoms with E-state index in [1.807, 2.05) is 59.1 Å². The third-order valence-electron chi connectivity index (χ3n) is 8.80. The van der Waals surface area contributed by atoms with Gasteiger partial charge in [-0.15, -0.1) is 0 Å². The van der Waals surface area contributed by atoms with E-state index in [0.717, 1.165) is 55.7 Å². The van der Waals surface area contributed by atoms with Gasteiger partial charge in [-0.1, -0.05) is 24.3 Å². The smallest absolute Gasteiger partial charge is 0.255 e. The first kappa shape index (κ1) is 29.3. The number of anilines is 3. The number of para-hydroxylation sites is 1. The fourth-order valence-corrected chi connectivity index (χ4v) is 6.27. The molecule has 4 aromatic rings. The summed E-state index contributed by atoms with van der Waals surface area (Å²) >= 11 is 0. The van der Waals surface area contributed by atoms with Crippen molar-refractivity contribution in [1.29, 1.82) is 0 Å². The minimum atomic E-state index is -0.222. The van der Waals surface area contributed by atoms with Crippen molar-refractivity contribution >= 4 is 45.7 Å². The summed E-state index contributed by atoms with van der Waals surface area (Å²) in [6.07, 6.45) is 4.21. The van der Waals surface area contributed by atoms with Gasteiger partial charge in [0.05, 0.1) is 11.4 Å². The zero-order chi connectivity index (χ0) is 30.6. The van der Waals surface area contributed by atoms with E-state index in [0.29, 0.717) is 42.7 Å². The number of hydrogen-bond acceptors (Lipinski definition) is 5. The molecule has 0 saturated carbocycles. The van der Waals surface area contributed by atoms with E-state index in [2.05, 4.69) is 51.6 Å². The van der Waals surface area contributed by atoms with Gasteiger partial charge in [0, 0.05) is 87.8 Å². The number of nitrogens with one attached hydrogen (secondary N) is 2. The quantitative estimate of drug-likeness (QED) is 0.273. The van der Waals surface area contributed by atoms with Crippen LogP contribution in [-0.4, -0.2) is 73.0 Å². The molecular weight excluding hydrogens is 552 g/mol. The van der Waals surface area contributed by atoms with Crippen LogP contribution in [-0.2, 0) is 11.8 Å². The van der Waals surface area contributed by atoms with E-state index in [-0.39, 0.29) is 17.7 Å². The molecule has 2 saturated heterocycles. The molecule has 228 valence electrons. The Balaban J connectivity index is 1.19. The molecule has 3 heterocycles. The summed E-state index contributed by atoms with van der Waals surface area (Å²) in [6, 6.07) is 21.7. The van der Waals surface area contributed by atoms with E-state index in [9.17, 15) is 14.4 Å². The van der Waals surface area contributed by atoms with Gasteiger partial charge in [-0.05, 0) is 73.2 Å². The van der Waals surface area contributed by atoms with E-state index in [1.165, 1.54) is 11.3 Å².